The summed E-state index contributed by atoms with van der Waals surface area (Å²) in [4.78, 5) is 0. The standard InChI is InChI=1S/C8H17O3.Sn.H/c1-5-9-8(4,10-6-2)11-7-3;;/h4-7H2,1-3H3;;. The second-order valence-corrected chi connectivity index (χ2v) is 3.35. The van der Waals surface area contributed by atoms with Crippen LogP contribution in [0.2, 0.25) is 4.44 Å². The van der Waals surface area contributed by atoms with Crippen LogP contribution in [0.15, 0.2) is 0 Å². The first-order chi connectivity index (χ1) is 5.74. The quantitative estimate of drug-likeness (QED) is 0.516. The second kappa shape index (κ2) is 7.12. The molecule has 0 fully saturated rings. The first-order valence-electron chi connectivity index (χ1n) is 4.36. The van der Waals surface area contributed by atoms with Crippen molar-refractivity contribution in [3.05, 3.63) is 0 Å². The van der Waals surface area contributed by atoms with Crippen molar-refractivity contribution in [1.29, 1.82) is 0 Å². The molecule has 12 heavy (non-hydrogen) atoms. The minimum atomic E-state index is -0.750. The Labute approximate surface area is 87.8 Å². The molecule has 2 radical (unpaired) electrons. The van der Waals surface area contributed by atoms with Gasteiger partial charge >= 0.3 is 87.7 Å². The van der Waals surface area contributed by atoms with E-state index in [4.69, 9.17) is 14.2 Å². The van der Waals surface area contributed by atoms with Crippen LogP contribution in [-0.2, 0) is 14.2 Å². The number of hydrogen-bond donors (Lipinski definition) is 0. The van der Waals surface area contributed by atoms with Gasteiger partial charge in [0.05, 0.1) is 0 Å². The summed E-state index contributed by atoms with van der Waals surface area (Å²) in [6.07, 6.45) is 0. The maximum absolute atomic E-state index is 5.45. The molecule has 0 aliphatic heterocycles. The zero-order valence-electron chi connectivity index (χ0n) is 8.13. The molecule has 0 N–H and O–H groups in total. The fourth-order valence-corrected chi connectivity index (χ4v) is 1.97. The van der Waals surface area contributed by atoms with E-state index in [1.165, 1.54) is 0 Å². The number of rotatable bonds is 7. The Kier molecular flexibility index (Phi) is 7.52. The van der Waals surface area contributed by atoms with Gasteiger partial charge in [0.15, 0.2) is 0 Å². The van der Waals surface area contributed by atoms with Crippen molar-refractivity contribution in [2.75, 3.05) is 19.8 Å². The first kappa shape index (κ1) is 12.7. The number of ether oxygens (including phenoxy) is 3. The molecule has 0 heterocycles. The van der Waals surface area contributed by atoms with Gasteiger partial charge in [-0.2, -0.15) is 0 Å². The van der Waals surface area contributed by atoms with Gasteiger partial charge in [-0.3, -0.25) is 0 Å². The molecule has 0 rings (SSSR count). The molecule has 0 aromatic carbocycles. The molecule has 72 valence electrons. The van der Waals surface area contributed by atoms with Crippen molar-refractivity contribution >= 4 is 22.5 Å². The van der Waals surface area contributed by atoms with Crippen LogP contribution in [0.25, 0.3) is 0 Å². The summed E-state index contributed by atoms with van der Waals surface area (Å²) >= 11 is 1.08. The Morgan fingerprint density at radius 3 is 1.42 bits per heavy atom. The van der Waals surface area contributed by atoms with Gasteiger partial charge in [-0.15, -0.1) is 0 Å². The predicted molar refractivity (Wildman–Crippen MR) is 49.6 cm³/mol. The maximum atomic E-state index is 5.45. The molecule has 4 heteroatoms. The summed E-state index contributed by atoms with van der Waals surface area (Å²) in [7, 11) is 0. The zero-order valence-corrected chi connectivity index (χ0v) is 11.4. The predicted octanol–water partition coefficient (Wildman–Crippen LogP) is 1.07. The average molecular weight is 281 g/mol. The van der Waals surface area contributed by atoms with Crippen molar-refractivity contribution < 1.29 is 14.2 Å². The van der Waals surface area contributed by atoms with Crippen LogP contribution in [0.3, 0.4) is 0 Å². The summed E-state index contributed by atoms with van der Waals surface area (Å²) in [6.45, 7) is 7.72. The summed E-state index contributed by atoms with van der Waals surface area (Å²) in [5.74, 6) is -0.750. The van der Waals surface area contributed by atoms with Crippen LogP contribution in [-0.4, -0.2) is 48.3 Å². The van der Waals surface area contributed by atoms with Gasteiger partial charge in [0.2, 0.25) is 0 Å². The second-order valence-electron chi connectivity index (χ2n) is 2.19. The van der Waals surface area contributed by atoms with Gasteiger partial charge < -0.3 is 0 Å². The molecule has 0 aliphatic carbocycles. The average Bonchev–Trinajstić information content (AvgIpc) is 2.06. The Hall–Kier alpha value is 0.679. The summed E-state index contributed by atoms with van der Waals surface area (Å²) in [5.41, 5.74) is 0. The third-order valence-electron chi connectivity index (χ3n) is 1.34. The minimum absolute atomic E-state index is 0.626. The molecule has 3 nitrogen and oxygen atoms in total. The zero-order chi connectivity index (χ0) is 9.45. The van der Waals surface area contributed by atoms with Gasteiger partial charge in [0.25, 0.3) is 0 Å². The molecule has 0 amide bonds. The number of hydrogen-bond acceptors (Lipinski definition) is 3. The molecule has 0 atom stereocenters. The van der Waals surface area contributed by atoms with Crippen molar-refractivity contribution in [3.8, 4) is 0 Å². The Bertz CT molecular complexity index is 91.5. The van der Waals surface area contributed by atoms with Crippen LogP contribution in [0.1, 0.15) is 20.8 Å². The van der Waals surface area contributed by atoms with Gasteiger partial charge in [0.1, 0.15) is 0 Å². The summed E-state index contributed by atoms with van der Waals surface area (Å²) in [6, 6.07) is 0. The fourth-order valence-electron chi connectivity index (χ4n) is 0.962. The molecule has 0 saturated carbocycles. The van der Waals surface area contributed by atoms with Crippen molar-refractivity contribution in [2.24, 2.45) is 0 Å². The van der Waals surface area contributed by atoms with E-state index in [1.807, 2.05) is 20.8 Å². The molecule has 0 spiro atoms. The normalized spacial score (nSPS) is 12.0. The fraction of sp³-hybridized carbons (Fsp3) is 1.00. The van der Waals surface area contributed by atoms with E-state index >= 15 is 0 Å². The summed E-state index contributed by atoms with van der Waals surface area (Å²) < 4.78 is 17.2. The van der Waals surface area contributed by atoms with E-state index < -0.39 is 5.97 Å². The van der Waals surface area contributed by atoms with Gasteiger partial charge in [-0.25, -0.2) is 0 Å². The van der Waals surface area contributed by atoms with Crippen LogP contribution in [0.4, 0.5) is 0 Å². The van der Waals surface area contributed by atoms with Crippen LogP contribution >= 0.6 is 0 Å². The third kappa shape index (κ3) is 4.07. The van der Waals surface area contributed by atoms with Crippen molar-refractivity contribution in [2.45, 2.75) is 31.2 Å². The molecule has 0 saturated heterocycles. The molecule has 0 aromatic rings. The Morgan fingerprint density at radius 2 is 1.25 bits per heavy atom. The van der Waals surface area contributed by atoms with E-state index in [0.717, 1.165) is 27.0 Å². The van der Waals surface area contributed by atoms with Crippen LogP contribution < -0.4 is 0 Å². The first-order valence-corrected chi connectivity index (χ1v) is 6.69. The Balaban J connectivity index is 4.06. The van der Waals surface area contributed by atoms with E-state index in [-0.39, 0.29) is 0 Å². The van der Waals surface area contributed by atoms with E-state index in [9.17, 15) is 0 Å². The van der Waals surface area contributed by atoms with Crippen molar-refractivity contribution in [3.63, 3.8) is 0 Å². The molecular formula is C8H18O3Sn. The van der Waals surface area contributed by atoms with Crippen LogP contribution in [0.5, 0.6) is 0 Å². The third-order valence-corrected chi connectivity index (χ3v) is 2.77. The van der Waals surface area contributed by atoms with Gasteiger partial charge in [0, 0.05) is 0 Å². The SMILES string of the molecule is CCOC([CH2][SnH])(OCC)OCC. The molecule has 0 aromatic heterocycles. The van der Waals surface area contributed by atoms with Crippen LogP contribution in [0, 0.1) is 0 Å². The van der Waals surface area contributed by atoms with Gasteiger partial charge in [-0.1, -0.05) is 0 Å². The topological polar surface area (TPSA) is 27.7 Å². The monoisotopic (exact) mass is 282 g/mol. The van der Waals surface area contributed by atoms with E-state index in [1.54, 1.807) is 0 Å². The Morgan fingerprint density at radius 1 is 0.917 bits per heavy atom. The molecular weight excluding hydrogens is 263 g/mol. The van der Waals surface area contributed by atoms with Gasteiger partial charge in [-0.05, 0) is 0 Å². The molecule has 0 aliphatic rings. The van der Waals surface area contributed by atoms with Crippen molar-refractivity contribution in [1.82, 2.24) is 0 Å². The summed E-state index contributed by atoms with van der Waals surface area (Å²) in [5, 5.41) is 0. The van der Waals surface area contributed by atoms with E-state index in [0.29, 0.717) is 19.8 Å². The molecule has 0 bridgehead atoms. The molecule has 0 unspecified atom stereocenters. The van der Waals surface area contributed by atoms with E-state index in [2.05, 4.69) is 0 Å².